The van der Waals surface area contributed by atoms with E-state index in [1.807, 2.05) is 0 Å². The average Bonchev–Trinajstić information content (AvgIpc) is 2.66. The Balaban J connectivity index is 1.88. The van der Waals surface area contributed by atoms with E-state index in [1.54, 1.807) is 12.1 Å². The number of esters is 1. The fraction of sp³-hybridized carbons (Fsp3) is 0.167. The van der Waals surface area contributed by atoms with Crippen LogP contribution in [0.15, 0.2) is 42.5 Å². The average molecular weight is 406 g/mol. The number of ether oxygens (including phenoxy) is 1. The van der Waals surface area contributed by atoms with E-state index in [0.717, 1.165) is 11.6 Å². The van der Waals surface area contributed by atoms with Crippen molar-refractivity contribution >= 4 is 40.8 Å². The van der Waals surface area contributed by atoms with E-state index in [1.165, 1.54) is 31.2 Å². The number of nitro benzene ring substituents is 1. The van der Waals surface area contributed by atoms with E-state index < -0.39 is 23.4 Å². The van der Waals surface area contributed by atoms with Crippen LogP contribution in [0.3, 0.4) is 0 Å². The Kier molecular flexibility index (Phi) is 7.05. The second-order valence-electron chi connectivity index (χ2n) is 5.65. The van der Waals surface area contributed by atoms with Crippen LogP contribution >= 0.6 is 11.6 Å². The number of rotatable bonds is 7. The summed E-state index contributed by atoms with van der Waals surface area (Å²) in [6.45, 7) is 1.17. The fourth-order valence-corrected chi connectivity index (χ4v) is 2.31. The molecule has 0 fully saturated rings. The SMILES string of the molecule is CC(=O)NCc1ccc(C(=O)OCC(=O)Nc2ccc(Cl)c([N+](=O)[O-])c2)cc1. The largest absolute Gasteiger partial charge is 0.452 e. The minimum Gasteiger partial charge on any atom is -0.452 e. The Labute approximate surface area is 164 Å². The van der Waals surface area contributed by atoms with E-state index in [9.17, 15) is 24.5 Å². The van der Waals surface area contributed by atoms with Gasteiger partial charge in [-0.1, -0.05) is 23.7 Å². The Morgan fingerprint density at radius 1 is 1.14 bits per heavy atom. The van der Waals surface area contributed by atoms with Crippen LogP contribution < -0.4 is 10.6 Å². The van der Waals surface area contributed by atoms with Gasteiger partial charge in [0.25, 0.3) is 11.6 Å². The summed E-state index contributed by atoms with van der Waals surface area (Å²) in [5, 5.41) is 15.8. The van der Waals surface area contributed by atoms with Crippen molar-refractivity contribution in [2.24, 2.45) is 0 Å². The van der Waals surface area contributed by atoms with Gasteiger partial charge in [-0.05, 0) is 29.8 Å². The van der Waals surface area contributed by atoms with E-state index in [4.69, 9.17) is 16.3 Å². The molecule has 10 heteroatoms. The first-order valence-electron chi connectivity index (χ1n) is 8.00. The van der Waals surface area contributed by atoms with Gasteiger partial charge in [-0.15, -0.1) is 0 Å². The third-order valence-corrected chi connectivity index (χ3v) is 3.81. The second-order valence-corrected chi connectivity index (χ2v) is 6.06. The molecule has 2 aromatic rings. The van der Waals surface area contributed by atoms with Crippen molar-refractivity contribution < 1.29 is 24.0 Å². The molecule has 0 saturated carbocycles. The standard InChI is InChI=1S/C18H16ClN3O6/c1-11(23)20-9-12-2-4-13(5-3-12)18(25)28-10-17(24)21-14-6-7-15(19)16(8-14)22(26)27/h2-8H,9-10H2,1H3,(H,20,23)(H,21,24). The maximum Gasteiger partial charge on any atom is 0.338 e. The molecule has 2 amide bonds. The molecule has 0 aliphatic rings. The van der Waals surface area contributed by atoms with Crippen molar-refractivity contribution in [2.45, 2.75) is 13.5 Å². The number of carbonyl (C=O) groups is 3. The maximum absolute atomic E-state index is 12.0. The summed E-state index contributed by atoms with van der Waals surface area (Å²) in [5.41, 5.74) is 0.839. The van der Waals surface area contributed by atoms with Crippen LogP contribution in [0, 0.1) is 10.1 Å². The van der Waals surface area contributed by atoms with Crippen LogP contribution in [0.2, 0.25) is 5.02 Å². The van der Waals surface area contributed by atoms with Gasteiger partial charge < -0.3 is 15.4 Å². The number of nitro groups is 1. The zero-order valence-corrected chi connectivity index (χ0v) is 15.5. The molecule has 0 aliphatic heterocycles. The van der Waals surface area contributed by atoms with Crippen molar-refractivity contribution in [1.82, 2.24) is 5.32 Å². The lowest BCUT2D eigenvalue weighted by Gasteiger charge is -2.08. The predicted octanol–water partition coefficient (Wildman–Crippen LogP) is 2.68. The molecule has 0 aliphatic carbocycles. The highest BCUT2D eigenvalue weighted by Crippen LogP contribution is 2.27. The summed E-state index contributed by atoms with van der Waals surface area (Å²) in [6.07, 6.45) is 0. The van der Waals surface area contributed by atoms with Gasteiger partial charge in [-0.25, -0.2) is 4.79 Å². The lowest BCUT2D eigenvalue weighted by Crippen LogP contribution is -2.21. The minimum atomic E-state index is -0.705. The van der Waals surface area contributed by atoms with Crippen LogP contribution in [0.5, 0.6) is 0 Å². The lowest BCUT2D eigenvalue weighted by molar-refractivity contribution is -0.384. The first kappa shape index (κ1) is 20.8. The van der Waals surface area contributed by atoms with Crippen LogP contribution in [0.4, 0.5) is 11.4 Å². The summed E-state index contributed by atoms with van der Waals surface area (Å²) < 4.78 is 4.92. The summed E-state index contributed by atoms with van der Waals surface area (Å²) in [6, 6.07) is 10.1. The van der Waals surface area contributed by atoms with Gasteiger partial charge in [-0.3, -0.25) is 19.7 Å². The zero-order valence-electron chi connectivity index (χ0n) is 14.7. The van der Waals surface area contributed by atoms with Crippen LogP contribution in [0.25, 0.3) is 0 Å². The molecule has 2 rings (SSSR count). The summed E-state index contributed by atoms with van der Waals surface area (Å²) in [4.78, 5) is 44.9. The van der Waals surface area contributed by atoms with Crippen LogP contribution in [0.1, 0.15) is 22.8 Å². The second kappa shape index (κ2) is 9.47. The molecule has 0 atom stereocenters. The topological polar surface area (TPSA) is 128 Å². The maximum atomic E-state index is 12.0. The molecule has 28 heavy (non-hydrogen) atoms. The first-order valence-corrected chi connectivity index (χ1v) is 8.38. The molecule has 2 aromatic carbocycles. The smallest absolute Gasteiger partial charge is 0.338 e. The highest BCUT2D eigenvalue weighted by Gasteiger charge is 2.15. The van der Waals surface area contributed by atoms with Gasteiger partial charge >= 0.3 is 5.97 Å². The Morgan fingerprint density at radius 3 is 2.43 bits per heavy atom. The number of anilines is 1. The van der Waals surface area contributed by atoms with Gasteiger partial charge in [0.2, 0.25) is 5.91 Å². The Bertz CT molecular complexity index is 914. The highest BCUT2D eigenvalue weighted by atomic mass is 35.5. The molecule has 0 spiro atoms. The molecular weight excluding hydrogens is 390 g/mol. The summed E-state index contributed by atoms with van der Waals surface area (Å²) in [7, 11) is 0. The van der Waals surface area contributed by atoms with Crippen molar-refractivity contribution in [1.29, 1.82) is 0 Å². The number of nitrogens with one attached hydrogen (secondary N) is 2. The first-order chi connectivity index (χ1) is 13.3. The summed E-state index contributed by atoms with van der Waals surface area (Å²) >= 11 is 5.70. The molecule has 0 aromatic heterocycles. The van der Waals surface area contributed by atoms with E-state index in [0.29, 0.717) is 6.54 Å². The van der Waals surface area contributed by atoms with Gasteiger partial charge in [0, 0.05) is 25.2 Å². The number of halogens is 1. The van der Waals surface area contributed by atoms with E-state index in [2.05, 4.69) is 10.6 Å². The van der Waals surface area contributed by atoms with Gasteiger partial charge in [0.05, 0.1) is 10.5 Å². The molecule has 0 radical (unpaired) electrons. The molecule has 146 valence electrons. The Hall–Kier alpha value is -3.46. The predicted molar refractivity (Wildman–Crippen MR) is 101 cm³/mol. The molecule has 0 bridgehead atoms. The molecule has 0 unspecified atom stereocenters. The van der Waals surface area contributed by atoms with Crippen molar-refractivity contribution in [3.63, 3.8) is 0 Å². The summed E-state index contributed by atoms with van der Waals surface area (Å²) in [5.74, 6) is -1.53. The van der Waals surface area contributed by atoms with Crippen molar-refractivity contribution in [3.8, 4) is 0 Å². The minimum absolute atomic E-state index is 0.0589. The number of carbonyl (C=O) groups excluding carboxylic acids is 3. The van der Waals surface area contributed by atoms with Crippen LogP contribution in [-0.2, 0) is 20.9 Å². The van der Waals surface area contributed by atoms with Gasteiger partial charge in [-0.2, -0.15) is 0 Å². The quantitative estimate of drug-likeness (QED) is 0.414. The molecular formula is C18H16ClN3O6. The lowest BCUT2D eigenvalue weighted by atomic mass is 10.1. The highest BCUT2D eigenvalue weighted by molar-refractivity contribution is 6.32. The van der Waals surface area contributed by atoms with Gasteiger partial charge in [0.15, 0.2) is 6.61 Å². The third-order valence-electron chi connectivity index (χ3n) is 3.49. The molecule has 9 nitrogen and oxygen atoms in total. The normalized spacial score (nSPS) is 10.1. The van der Waals surface area contributed by atoms with Crippen molar-refractivity contribution in [3.05, 3.63) is 68.7 Å². The number of benzene rings is 2. The number of hydrogen-bond donors (Lipinski definition) is 2. The fourth-order valence-electron chi connectivity index (χ4n) is 2.13. The Morgan fingerprint density at radius 2 is 1.82 bits per heavy atom. The number of nitrogens with zero attached hydrogens (tertiary/aromatic N) is 1. The third kappa shape index (κ3) is 6.06. The van der Waals surface area contributed by atoms with E-state index in [-0.39, 0.29) is 27.9 Å². The van der Waals surface area contributed by atoms with Crippen LogP contribution in [-0.4, -0.2) is 29.3 Å². The number of hydrogen-bond acceptors (Lipinski definition) is 6. The molecule has 0 saturated heterocycles. The number of amides is 2. The van der Waals surface area contributed by atoms with Gasteiger partial charge in [0.1, 0.15) is 5.02 Å². The molecule has 2 N–H and O–H groups in total. The monoisotopic (exact) mass is 405 g/mol. The molecule has 0 heterocycles. The zero-order chi connectivity index (χ0) is 20.7. The van der Waals surface area contributed by atoms with E-state index >= 15 is 0 Å². The van der Waals surface area contributed by atoms with Crippen molar-refractivity contribution in [2.75, 3.05) is 11.9 Å².